The molecule has 0 radical (unpaired) electrons. The number of benzene rings is 1. The van der Waals surface area contributed by atoms with E-state index in [4.69, 9.17) is 9.15 Å². The largest absolute Gasteiger partial charge is 0.489 e. The zero-order chi connectivity index (χ0) is 19.1. The van der Waals surface area contributed by atoms with Crippen molar-refractivity contribution in [3.63, 3.8) is 0 Å². The molecule has 4 heteroatoms. The van der Waals surface area contributed by atoms with E-state index >= 15 is 0 Å². The summed E-state index contributed by atoms with van der Waals surface area (Å²) < 4.78 is 11.3. The number of rotatable bonds is 6. The first kappa shape index (κ1) is 17.8. The molecular formula is C24H29NO3. The van der Waals surface area contributed by atoms with Gasteiger partial charge in [0.15, 0.2) is 5.76 Å². The Morgan fingerprint density at radius 1 is 1.11 bits per heavy atom. The van der Waals surface area contributed by atoms with Gasteiger partial charge in [-0.05, 0) is 86.8 Å². The molecule has 4 bridgehead atoms. The van der Waals surface area contributed by atoms with E-state index in [9.17, 15) is 4.79 Å². The third kappa shape index (κ3) is 3.23. The van der Waals surface area contributed by atoms with Crippen molar-refractivity contribution in [1.29, 1.82) is 0 Å². The van der Waals surface area contributed by atoms with Gasteiger partial charge in [-0.2, -0.15) is 0 Å². The van der Waals surface area contributed by atoms with Crippen LogP contribution in [-0.4, -0.2) is 11.9 Å². The van der Waals surface area contributed by atoms with Gasteiger partial charge in [0.25, 0.3) is 5.91 Å². The van der Waals surface area contributed by atoms with Crippen LogP contribution in [0.3, 0.4) is 0 Å². The minimum atomic E-state index is -0.111. The van der Waals surface area contributed by atoms with E-state index in [2.05, 4.69) is 12.2 Å². The average Bonchev–Trinajstić information content (AvgIpc) is 3.15. The Morgan fingerprint density at radius 3 is 2.39 bits per heavy atom. The number of hydrogen-bond donors (Lipinski definition) is 1. The van der Waals surface area contributed by atoms with E-state index in [-0.39, 0.29) is 17.4 Å². The molecule has 28 heavy (non-hydrogen) atoms. The molecule has 0 aliphatic heterocycles. The molecule has 4 aliphatic carbocycles. The van der Waals surface area contributed by atoms with Crippen molar-refractivity contribution in [2.24, 2.45) is 23.2 Å². The smallest absolute Gasteiger partial charge is 0.287 e. The number of nitrogens with one attached hydrogen (secondary N) is 1. The minimum Gasteiger partial charge on any atom is -0.489 e. The normalized spacial score (nSPS) is 31.5. The highest BCUT2D eigenvalue weighted by molar-refractivity contribution is 5.93. The zero-order valence-electron chi connectivity index (χ0n) is 16.5. The highest BCUT2D eigenvalue weighted by atomic mass is 16.5. The molecule has 1 unspecified atom stereocenters. The van der Waals surface area contributed by atoms with Crippen molar-refractivity contribution in [3.8, 4) is 5.75 Å². The first-order valence-electron chi connectivity index (χ1n) is 10.7. The minimum absolute atomic E-state index is 0.111. The van der Waals surface area contributed by atoms with Gasteiger partial charge in [-0.15, -0.1) is 0 Å². The summed E-state index contributed by atoms with van der Waals surface area (Å²) in [5, 5.41) is 3.29. The summed E-state index contributed by atoms with van der Waals surface area (Å²) >= 11 is 0. The fourth-order valence-electron chi connectivity index (χ4n) is 6.45. The number of furan rings is 1. The van der Waals surface area contributed by atoms with Gasteiger partial charge >= 0.3 is 0 Å². The van der Waals surface area contributed by atoms with Crippen LogP contribution >= 0.6 is 0 Å². The van der Waals surface area contributed by atoms with Crippen molar-refractivity contribution in [1.82, 2.24) is 5.32 Å². The first-order chi connectivity index (χ1) is 13.6. The molecule has 0 spiro atoms. The summed E-state index contributed by atoms with van der Waals surface area (Å²) in [5.74, 6) is 3.70. The highest BCUT2D eigenvalue weighted by Gasteiger charge is 2.53. The van der Waals surface area contributed by atoms with Gasteiger partial charge in [0.05, 0.1) is 6.26 Å². The Labute approximate surface area is 166 Å². The number of carbonyl (C=O) groups is 1. The maximum absolute atomic E-state index is 13.0. The van der Waals surface area contributed by atoms with Crippen molar-refractivity contribution in [2.75, 3.05) is 0 Å². The Hall–Kier alpha value is -2.23. The second-order valence-electron chi connectivity index (χ2n) is 9.35. The summed E-state index contributed by atoms with van der Waals surface area (Å²) in [4.78, 5) is 13.0. The monoisotopic (exact) mass is 379 g/mol. The standard InChI is InChI=1S/C24H29NO3/c1-16(24-12-17-9-18(13-24)11-19(10-17)14-24)25-23(26)22-20(7-8-27-22)15-28-21-5-3-2-4-6-21/h2-8,16-19H,9-15H2,1H3,(H,25,26). The van der Waals surface area contributed by atoms with Crippen LogP contribution in [0.4, 0.5) is 0 Å². The lowest BCUT2D eigenvalue weighted by Gasteiger charge is -2.59. The second-order valence-corrected chi connectivity index (χ2v) is 9.35. The highest BCUT2D eigenvalue weighted by Crippen LogP contribution is 2.61. The molecule has 4 fully saturated rings. The van der Waals surface area contributed by atoms with Crippen LogP contribution in [0, 0.1) is 23.2 Å². The van der Waals surface area contributed by atoms with Crippen LogP contribution < -0.4 is 10.1 Å². The fourth-order valence-corrected chi connectivity index (χ4v) is 6.45. The molecule has 4 nitrogen and oxygen atoms in total. The third-order valence-electron chi connectivity index (χ3n) is 7.44. The van der Waals surface area contributed by atoms with Gasteiger partial charge < -0.3 is 14.5 Å². The maximum atomic E-state index is 13.0. The topological polar surface area (TPSA) is 51.5 Å². The summed E-state index contributed by atoms with van der Waals surface area (Å²) in [7, 11) is 0. The molecule has 1 aromatic carbocycles. The van der Waals surface area contributed by atoms with E-state index in [1.54, 1.807) is 6.26 Å². The van der Waals surface area contributed by atoms with E-state index < -0.39 is 0 Å². The van der Waals surface area contributed by atoms with Crippen LogP contribution in [0.5, 0.6) is 5.75 Å². The average molecular weight is 380 g/mol. The second kappa shape index (κ2) is 6.98. The van der Waals surface area contributed by atoms with Crippen LogP contribution in [-0.2, 0) is 6.61 Å². The van der Waals surface area contributed by atoms with Gasteiger partial charge in [-0.1, -0.05) is 18.2 Å². The molecule has 1 aromatic heterocycles. The molecule has 4 saturated carbocycles. The molecule has 1 heterocycles. The molecule has 1 atom stereocenters. The maximum Gasteiger partial charge on any atom is 0.287 e. The summed E-state index contributed by atoms with van der Waals surface area (Å²) in [5.41, 5.74) is 1.08. The van der Waals surface area contributed by atoms with E-state index in [1.165, 1.54) is 38.5 Å². The zero-order valence-corrected chi connectivity index (χ0v) is 16.5. The van der Waals surface area contributed by atoms with Gasteiger partial charge in [0.2, 0.25) is 0 Å². The Kier molecular flexibility index (Phi) is 4.45. The van der Waals surface area contributed by atoms with Gasteiger partial charge in [0, 0.05) is 11.6 Å². The van der Waals surface area contributed by atoms with Gasteiger partial charge in [-0.25, -0.2) is 0 Å². The Balaban J connectivity index is 1.26. The van der Waals surface area contributed by atoms with E-state index in [0.29, 0.717) is 12.4 Å². The van der Waals surface area contributed by atoms with E-state index in [0.717, 1.165) is 29.1 Å². The van der Waals surface area contributed by atoms with Crippen molar-refractivity contribution < 1.29 is 13.9 Å². The van der Waals surface area contributed by atoms with Crippen LogP contribution in [0.15, 0.2) is 47.1 Å². The molecular weight excluding hydrogens is 350 g/mol. The Morgan fingerprint density at radius 2 is 1.75 bits per heavy atom. The lowest BCUT2D eigenvalue weighted by molar-refractivity contribution is -0.0689. The lowest BCUT2D eigenvalue weighted by Crippen LogP contribution is -2.55. The summed E-state index contributed by atoms with van der Waals surface area (Å²) in [6.07, 6.45) is 9.67. The van der Waals surface area contributed by atoms with Crippen LogP contribution in [0.1, 0.15) is 61.6 Å². The van der Waals surface area contributed by atoms with Gasteiger partial charge in [0.1, 0.15) is 12.4 Å². The molecule has 0 saturated heterocycles. The number of para-hydroxylation sites is 1. The van der Waals surface area contributed by atoms with Gasteiger partial charge in [-0.3, -0.25) is 4.79 Å². The fraction of sp³-hybridized carbons (Fsp3) is 0.542. The summed E-state index contributed by atoms with van der Waals surface area (Å²) in [6, 6.07) is 11.7. The lowest BCUT2D eigenvalue weighted by atomic mass is 9.48. The van der Waals surface area contributed by atoms with Crippen molar-refractivity contribution in [2.45, 2.75) is 58.1 Å². The van der Waals surface area contributed by atoms with Crippen LogP contribution in [0.25, 0.3) is 0 Å². The number of ether oxygens (including phenoxy) is 1. The number of hydrogen-bond acceptors (Lipinski definition) is 3. The first-order valence-corrected chi connectivity index (χ1v) is 10.7. The molecule has 2 aromatic rings. The molecule has 6 rings (SSSR count). The van der Waals surface area contributed by atoms with Crippen LogP contribution in [0.2, 0.25) is 0 Å². The summed E-state index contributed by atoms with van der Waals surface area (Å²) in [6.45, 7) is 2.53. The van der Waals surface area contributed by atoms with Crippen molar-refractivity contribution in [3.05, 3.63) is 54.0 Å². The Bertz CT molecular complexity index is 805. The molecule has 148 valence electrons. The third-order valence-corrected chi connectivity index (χ3v) is 7.44. The number of carbonyl (C=O) groups excluding carboxylic acids is 1. The predicted molar refractivity (Wildman–Crippen MR) is 107 cm³/mol. The molecule has 1 amide bonds. The quantitative estimate of drug-likeness (QED) is 0.751. The number of amides is 1. The molecule has 4 aliphatic rings. The van der Waals surface area contributed by atoms with E-state index in [1.807, 2.05) is 36.4 Å². The SMILES string of the molecule is CC(NC(=O)c1occc1COc1ccccc1)C12CC3CC(CC(C3)C1)C2. The predicted octanol–water partition coefficient (Wildman–Crippen LogP) is 5.19. The molecule has 1 N–H and O–H groups in total. The van der Waals surface area contributed by atoms with Crippen molar-refractivity contribution >= 4 is 5.91 Å².